The fourth-order valence-electron chi connectivity index (χ4n) is 3.43. The zero-order valence-electron chi connectivity index (χ0n) is 12.6. The molecule has 5 heteroatoms. The summed E-state index contributed by atoms with van der Waals surface area (Å²) >= 11 is 0. The summed E-state index contributed by atoms with van der Waals surface area (Å²) in [4.78, 5) is 25.1. The van der Waals surface area contributed by atoms with E-state index in [4.69, 9.17) is 4.74 Å². The predicted molar refractivity (Wildman–Crippen MR) is 74.4 cm³/mol. The van der Waals surface area contributed by atoms with Gasteiger partial charge in [-0.15, -0.1) is 0 Å². The molecular weight excluding hydrogens is 258 g/mol. The minimum Gasteiger partial charge on any atom is -0.481 e. The van der Waals surface area contributed by atoms with Crippen molar-refractivity contribution in [2.75, 3.05) is 13.1 Å². The molecule has 0 radical (unpaired) electrons. The minimum atomic E-state index is -0.784. The zero-order valence-corrected chi connectivity index (χ0v) is 12.6. The molecule has 1 saturated heterocycles. The summed E-state index contributed by atoms with van der Waals surface area (Å²) < 4.78 is 5.35. The number of aliphatic carboxylic acids is 1. The van der Waals surface area contributed by atoms with Crippen LogP contribution < -0.4 is 0 Å². The largest absolute Gasteiger partial charge is 0.481 e. The summed E-state index contributed by atoms with van der Waals surface area (Å²) in [6, 6.07) is 0. The molecule has 1 saturated carbocycles. The highest BCUT2D eigenvalue weighted by atomic mass is 16.6. The number of carbonyl (C=O) groups excluding carboxylic acids is 1. The van der Waals surface area contributed by atoms with Crippen LogP contribution >= 0.6 is 0 Å². The van der Waals surface area contributed by atoms with Crippen LogP contribution in [-0.2, 0) is 9.53 Å². The van der Waals surface area contributed by atoms with Crippen LogP contribution in [-0.4, -0.2) is 40.8 Å². The van der Waals surface area contributed by atoms with Gasteiger partial charge in [-0.1, -0.05) is 25.7 Å². The molecule has 2 atom stereocenters. The Morgan fingerprint density at radius 2 is 1.75 bits per heavy atom. The second-order valence-electron chi connectivity index (χ2n) is 7.04. The lowest BCUT2D eigenvalue weighted by Crippen LogP contribution is -2.36. The lowest BCUT2D eigenvalue weighted by Gasteiger charge is -2.25. The second-order valence-corrected chi connectivity index (χ2v) is 7.04. The Bertz CT molecular complexity index is 382. The summed E-state index contributed by atoms with van der Waals surface area (Å²) in [7, 11) is 0. The van der Waals surface area contributed by atoms with Crippen molar-refractivity contribution in [3.63, 3.8) is 0 Å². The van der Waals surface area contributed by atoms with E-state index in [1.807, 2.05) is 20.8 Å². The molecule has 20 heavy (non-hydrogen) atoms. The summed E-state index contributed by atoms with van der Waals surface area (Å²) in [5.74, 6) is -0.690. The molecule has 0 bridgehead atoms. The van der Waals surface area contributed by atoms with Crippen LogP contribution in [0, 0.1) is 17.8 Å². The fraction of sp³-hybridized carbons (Fsp3) is 0.867. The first-order chi connectivity index (χ1) is 9.28. The maximum absolute atomic E-state index is 12.1. The molecule has 2 aliphatic rings. The van der Waals surface area contributed by atoms with E-state index in [0.717, 1.165) is 12.8 Å². The fourth-order valence-corrected chi connectivity index (χ4v) is 3.43. The quantitative estimate of drug-likeness (QED) is 0.846. The van der Waals surface area contributed by atoms with Gasteiger partial charge in [0.1, 0.15) is 5.60 Å². The van der Waals surface area contributed by atoms with Crippen LogP contribution in [0.3, 0.4) is 0 Å². The van der Waals surface area contributed by atoms with E-state index in [0.29, 0.717) is 12.5 Å². The monoisotopic (exact) mass is 283 g/mol. The van der Waals surface area contributed by atoms with E-state index in [1.165, 1.54) is 12.8 Å². The number of nitrogens with zero attached hydrogens (tertiary/aromatic N) is 1. The highest BCUT2D eigenvalue weighted by molar-refractivity contribution is 5.74. The average molecular weight is 283 g/mol. The normalized spacial score (nSPS) is 27.9. The first-order valence-electron chi connectivity index (χ1n) is 7.48. The zero-order chi connectivity index (χ0) is 14.9. The number of hydrogen-bond acceptors (Lipinski definition) is 3. The van der Waals surface area contributed by atoms with Gasteiger partial charge in [-0.2, -0.15) is 0 Å². The van der Waals surface area contributed by atoms with Gasteiger partial charge in [0.25, 0.3) is 0 Å². The molecule has 0 aromatic carbocycles. The van der Waals surface area contributed by atoms with Gasteiger partial charge in [0.2, 0.25) is 0 Å². The SMILES string of the molecule is CC(C)(C)OC(=O)N1CC(C(=O)O)C(C2CCCC2)C1. The van der Waals surface area contributed by atoms with Gasteiger partial charge < -0.3 is 14.7 Å². The third-order valence-electron chi connectivity index (χ3n) is 4.34. The number of carbonyl (C=O) groups is 2. The van der Waals surface area contributed by atoms with Crippen LogP contribution in [0.25, 0.3) is 0 Å². The van der Waals surface area contributed by atoms with Crippen LogP contribution in [0.15, 0.2) is 0 Å². The van der Waals surface area contributed by atoms with Crippen LogP contribution in [0.1, 0.15) is 46.5 Å². The van der Waals surface area contributed by atoms with E-state index in [-0.39, 0.29) is 18.6 Å². The Balaban J connectivity index is 2.03. The van der Waals surface area contributed by atoms with Gasteiger partial charge in [-0.25, -0.2) is 4.79 Å². The van der Waals surface area contributed by atoms with E-state index >= 15 is 0 Å². The first kappa shape index (κ1) is 15.1. The molecule has 1 N–H and O–H groups in total. The Labute approximate surface area is 120 Å². The van der Waals surface area contributed by atoms with Gasteiger partial charge in [0.15, 0.2) is 0 Å². The van der Waals surface area contributed by atoms with E-state index in [1.54, 1.807) is 4.90 Å². The molecule has 5 nitrogen and oxygen atoms in total. The lowest BCUT2D eigenvalue weighted by atomic mass is 9.83. The van der Waals surface area contributed by atoms with Crippen molar-refractivity contribution in [3.05, 3.63) is 0 Å². The third-order valence-corrected chi connectivity index (χ3v) is 4.34. The lowest BCUT2D eigenvalue weighted by molar-refractivity contribution is -0.143. The third kappa shape index (κ3) is 3.44. The second kappa shape index (κ2) is 5.62. The summed E-state index contributed by atoms with van der Waals surface area (Å²) in [6.07, 6.45) is 4.16. The van der Waals surface area contributed by atoms with Crippen LogP contribution in [0.5, 0.6) is 0 Å². The molecule has 0 spiro atoms. The molecule has 114 valence electrons. The van der Waals surface area contributed by atoms with Crippen molar-refractivity contribution in [3.8, 4) is 0 Å². The standard InChI is InChI=1S/C15H25NO4/c1-15(2,3)20-14(19)16-8-11(10-6-4-5-7-10)12(9-16)13(17)18/h10-12H,4-9H2,1-3H3,(H,17,18). The van der Waals surface area contributed by atoms with E-state index in [2.05, 4.69) is 0 Å². The molecule has 2 unspecified atom stereocenters. The van der Waals surface area contributed by atoms with Crippen molar-refractivity contribution >= 4 is 12.1 Å². The number of carboxylic acid groups (broad SMARTS) is 1. The molecule has 0 aromatic rings. The van der Waals surface area contributed by atoms with Crippen LogP contribution in [0.2, 0.25) is 0 Å². The molecule has 1 aliphatic heterocycles. The number of carboxylic acids is 1. The average Bonchev–Trinajstić information content (AvgIpc) is 2.95. The Morgan fingerprint density at radius 3 is 2.25 bits per heavy atom. The Hall–Kier alpha value is -1.26. The van der Waals surface area contributed by atoms with Gasteiger partial charge >= 0.3 is 12.1 Å². The molecule has 2 fully saturated rings. The predicted octanol–water partition coefficient (Wildman–Crippen LogP) is 2.74. The molecule has 1 heterocycles. The Morgan fingerprint density at radius 1 is 1.15 bits per heavy atom. The first-order valence-corrected chi connectivity index (χ1v) is 7.48. The number of ether oxygens (including phenoxy) is 1. The van der Waals surface area contributed by atoms with Gasteiger partial charge in [0.05, 0.1) is 5.92 Å². The van der Waals surface area contributed by atoms with Gasteiger partial charge in [-0.05, 0) is 32.6 Å². The maximum Gasteiger partial charge on any atom is 0.410 e. The van der Waals surface area contributed by atoms with Crippen LogP contribution in [0.4, 0.5) is 4.79 Å². The topological polar surface area (TPSA) is 66.8 Å². The maximum atomic E-state index is 12.1. The van der Waals surface area contributed by atoms with E-state index in [9.17, 15) is 14.7 Å². The molecule has 2 rings (SSSR count). The van der Waals surface area contributed by atoms with E-state index < -0.39 is 17.5 Å². The minimum absolute atomic E-state index is 0.0857. The highest BCUT2D eigenvalue weighted by Gasteiger charge is 2.44. The van der Waals surface area contributed by atoms with Crippen molar-refractivity contribution in [2.45, 2.75) is 52.1 Å². The highest BCUT2D eigenvalue weighted by Crippen LogP contribution is 2.39. The van der Waals surface area contributed by atoms with Gasteiger partial charge in [-0.3, -0.25) is 4.79 Å². The van der Waals surface area contributed by atoms with Crippen molar-refractivity contribution < 1.29 is 19.4 Å². The van der Waals surface area contributed by atoms with Gasteiger partial charge in [0, 0.05) is 13.1 Å². The number of likely N-dealkylation sites (tertiary alicyclic amines) is 1. The number of amides is 1. The molecule has 1 amide bonds. The number of rotatable bonds is 2. The molecule has 1 aliphatic carbocycles. The molecular formula is C15H25NO4. The van der Waals surface area contributed by atoms with Crippen molar-refractivity contribution in [2.24, 2.45) is 17.8 Å². The number of hydrogen-bond donors (Lipinski definition) is 1. The van der Waals surface area contributed by atoms with Crippen molar-refractivity contribution in [1.82, 2.24) is 4.90 Å². The Kier molecular flexibility index (Phi) is 4.25. The molecule has 0 aromatic heterocycles. The smallest absolute Gasteiger partial charge is 0.410 e. The summed E-state index contributed by atoms with van der Waals surface area (Å²) in [5.41, 5.74) is -0.540. The summed E-state index contributed by atoms with van der Waals surface area (Å²) in [6.45, 7) is 6.28. The summed E-state index contributed by atoms with van der Waals surface area (Å²) in [5, 5.41) is 9.40. The van der Waals surface area contributed by atoms with Crippen molar-refractivity contribution in [1.29, 1.82) is 0 Å².